The third-order valence-electron chi connectivity index (χ3n) is 3.83. The van der Waals surface area contributed by atoms with Gasteiger partial charge in [0.1, 0.15) is 17.2 Å². The van der Waals surface area contributed by atoms with E-state index in [9.17, 15) is 9.59 Å². The van der Waals surface area contributed by atoms with E-state index in [1.54, 1.807) is 36.4 Å². The number of nitrogens with one attached hydrogen (secondary N) is 2. The molecule has 2 aromatic carbocycles. The van der Waals surface area contributed by atoms with Gasteiger partial charge in [-0.05, 0) is 18.2 Å². The molecule has 0 unspecified atom stereocenters. The van der Waals surface area contributed by atoms with Crippen LogP contribution in [-0.4, -0.2) is 26.0 Å². The van der Waals surface area contributed by atoms with Crippen molar-refractivity contribution in [2.75, 3.05) is 24.5 Å². The second kappa shape index (κ2) is 7.60. The molecule has 0 aromatic heterocycles. The molecule has 0 bridgehead atoms. The number of para-hydroxylation sites is 1. The van der Waals surface area contributed by atoms with Crippen molar-refractivity contribution >= 4 is 23.2 Å². The number of anilines is 2. The molecule has 3 rings (SSSR count). The average molecular weight is 353 g/mol. The Labute approximate surface area is 151 Å². The third kappa shape index (κ3) is 3.77. The number of nitrogens with zero attached hydrogens (tertiary/aromatic N) is 1. The lowest BCUT2D eigenvalue weighted by Gasteiger charge is -2.28. The summed E-state index contributed by atoms with van der Waals surface area (Å²) in [5, 5.41) is 4.14. The normalized spacial score (nSPS) is 13.5. The summed E-state index contributed by atoms with van der Waals surface area (Å²) in [6.45, 7) is 0. The van der Waals surface area contributed by atoms with Crippen LogP contribution in [0.3, 0.4) is 0 Å². The lowest BCUT2D eigenvalue weighted by atomic mass is 10.2. The standard InChI is InChI=1S/C19H19N3O4/c1-25-15-10-13(11-16(12-15)26-2)20-19(24)17-8-9-18(23)22(21-17)14-6-4-3-5-7-14/h3-8,10-12,21H,9H2,1-2H3,(H,20,24). The van der Waals surface area contributed by atoms with Crippen LogP contribution in [0.1, 0.15) is 6.42 Å². The Morgan fingerprint density at radius 3 is 2.35 bits per heavy atom. The number of methoxy groups -OCH3 is 2. The molecule has 2 N–H and O–H groups in total. The van der Waals surface area contributed by atoms with Crippen LogP contribution in [0.15, 0.2) is 60.3 Å². The number of rotatable bonds is 5. The predicted molar refractivity (Wildman–Crippen MR) is 97.9 cm³/mol. The summed E-state index contributed by atoms with van der Waals surface area (Å²) in [7, 11) is 3.07. The van der Waals surface area contributed by atoms with Gasteiger partial charge in [-0.1, -0.05) is 18.2 Å². The fourth-order valence-corrected chi connectivity index (χ4v) is 2.52. The van der Waals surface area contributed by atoms with E-state index in [-0.39, 0.29) is 23.9 Å². The molecule has 2 aromatic rings. The van der Waals surface area contributed by atoms with E-state index < -0.39 is 0 Å². The summed E-state index contributed by atoms with van der Waals surface area (Å²) < 4.78 is 10.4. The molecule has 0 radical (unpaired) electrons. The van der Waals surface area contributed by atoms with E-state index in [0.29, 0.717) is 22.9 Å². The highest BCUT2D eigenvalue weighted by molar-refractivity contribution is 6.06. The minimum Gasteiger partial charge on any atom is -0.497 e. The van der Waals surface area contributed by atoms with Gasteiger partial charge in [0.25, 0.3) is 5.91 Å². The van der Waals surface area contributed by atoms with Crippen molar-refractivity contribution in [2.24, 2.45) is 0 Å². The molecule has 0 fully saturated rings. The van der Waals surface area contributed by atoms with Crippen LogP contribution in [0.5, 0.6) is 11.5 Å². The lowest BCUT2D eigenvalue weighted by molar-refractivity contribution is -0.119. The van der Waals surface area contributed by atoms with Gasteiger partial charge < -0.3 is 14.8 Å². The highest BCUT2D eigenvalue weighted by Gasteiger charge is 2.24. The molecule has 1 aliphatic rings. The zero-order valence-corrected chi connectivity index (χ0v) is 14.5. The van der Waals surface area contributed by atoms with E-state index in [4.69, 9.17) is 9.47 Å². The number of ether oxygens (including phenoxy) is 2. The van der Waals surface area contributed by atoms with Crippen LogP contribution < -0.4 is 25.2 Å². The highest BCUT2D eigenvalue weighted by Crippen LogP contribution is 2.26. The summed E-state index contributed by atoms with van der Waals surface area (Å²) in [4.78, 5) is 24.7. The summed E-state index contributed by atoms with van der Waals surface area (Å²) in [5.41, 5.74) is 4.35. The minimum absolute atomic E-state index is 0.131. The summed E-state index contributed by atoms with van der Waals surface area (Å²) in [6, 6.07) is 14.2. The fraction of sp³-hybridized carbons (Fsp3) is 0.158. The number of hydrogen-bond acceptors (Lipinski definition) is 5. The second-order valence-corrected chi connectivity index (χ2v) is 5.55. The van der Waals surface area contributed by atoms with Crippen molar-refractivity contribution in [3.05, 3.63) is 60.3 Å². The van der Waals surface area contributed by atoms with E-state index in [1.165, 1.54) is 19.2 Å². The minimum atomic E-state index is -0.367. The molecule has 7 nitrogen and oxygen atoms in total. The number of hydrogen-bond donors (Lipinski definition) is 2. The quantitative estimate of drug-likeness (QED) is 0.863. The Balaban J connectivity index is 1.77. The first-order chi connectivity index (χ1) is 12.6. The Morgan fingerprint density at radius 1 is 1.08 bits per heavy atom. The van der Waals surface area contributed by atoms with Gasteiger partial charge in [0.05, 0.1) is 19.9 Å². The van der Waals surface area contributed by atoms with Gasteiger partial charge in [0.15, 0.2) is 0 Å². The van der Waals surface area contributed by atoms with Crippen LogP contribution in [-0.2, 0) is 9.59 Å². The zero-order chi connectivity index (χ0) is 18.5. The molecule has 2 amide bonds. The molecule has 134 valence electrons. The van der Waals surface area contributed by atoms with Crippen LogP contribution in [0, 0.1) is 0 Å². The third-order valence-corrected chi connectivity index (χ3v) is 3.83. The predicted octanol–water partition coefficient (Wildman–Crippen LogP) is 2.47. The summed E-state index contributed by atoms with van der Waals surface area (Å²) in [5.74, 6) is 0.613. The van der Waals surface area contributed by atoms with Gasteiger partial charge in [0.2, 0.25) is 5.91 Å². The number of carbonyl (C=O) groups excluding carboxylic acids is 2. The maximum atomic E-state index is 12.6. The van der Waals surface area contributed by atoms with Crippen molar-refractivity contribution in [1.29, 1.82) is 0 Å². The van der Waals surface area contributed by atoms with Gasteiger partial charge in [-0.25, -0.2) is 5.01 Å². The first-order valence-corrected chi connectivity index (χ1v) is 8.00. The number of amides is 2. The molecule has 26 heavy (non-hydrogen) atoms. The molecular formula is C19H19N3O4. The molecular weight excluding hydrogens is 334 g/mol. The van der Waals surface area contributed by atoms with Crippen molar-refractivity contribution in [1.82, 2.24) is 5.43 Å². The highest BCUT2D eigenvalue weighted by atomic mass is 16.5. The molecule has 7 heteroatoms. The van der Waals surface area contributed by atoms with E-state index >= 15 is 0 Å². The van der Waals surface area contributed by atoms with Crippen molar-refractivity contribution < 1.29 is 19.1 Å². The number of benzene rings is 2. The SMILES string of the molecule is COc1cc(NC(=O)C2=CCC(=O)N(c3ccccc3)N2)cc(OC)c1. The maximum Gasteiger partial charge on any atom is 0.273 e. The van der Waals surface area contributed by atoms with Gasteiger partial charge in [-0.2, -0.15) is 0 Å². The molecule has 1 heterocycles. The van der Waals surface area contributed by atoms with Gasteiger partial charge >= 0.3 is 0 Å². The van der Waals surface area contributed by atoms with Crippen LogP contribution in [0.4, 0.5) is 11.4 Å². The molecule has 1 aliphatic heterocycles. The van der Waals surface area contributed by atoms with Crippen LogP contribution >= 0.6 is 0 Å². The van der Waals surface area contributed by atoms with Gasteiger partial charge in [0, 0.05) is 30.3 Å². The Hall–Kier alpha value is -3.48. The molecule has 0 saturated heterocycles. The Morgan fingerprint density at radius 2 is 1.73 bits per heavy atom. The molecule has 0 saturated carbocycles. The summed E-state index contributed by atoms with van der Waals surface area (Å²) >= 11 is 0. The molecule has 0 atom stereocenters. The Bertz CT molecular complexity index is 827. The van der Waals surface area contributed by atoms with Gasteiger partial charge in [-0.3, -0.25) is 15.0 Å². The van der Waals surface area contributed by atoms with Gasteiger partial charge in [-0.15, -0.1) is 0 Å². The first-order valence-electron chi connectivity index (χ1n) is 8.00. The van der Waals surface area contributed by atoms with Crippen molar-refractivity contribution in [3.63, 3.8) is 0 Å². The maximum absolute atomic E-state index is 12.6. The second-order valence-electron chi connectivity index (χ2n) is 5.55. The zero-order valence-electron chi connectivity index (χ0n) is 14.5. The monoisotopic (exact) mass is 353 g/mol. The van der Waals surface area contributed by atoms with E-state index in [1.807, 2.05) is 18.2 Å². The Kier molecular flexibility index (Phi) is 5.07. The number of carbonyl (C=O) groups is 2. The average Bonchev–Trinajstić information content (AvgIpc) is 2.68. The summed E-state index contributed by atoms with van der Waals surface area (Å²) in [6.07, 6.45) is 1.70. The smallest absolute Gasteiger partial charge is 0.273 e. The molecule has 0 spiro atoms. The first kappa shape index (κ1) is 17.3. The van der Waals surface area contributed by atoms with Crippen LogP contribution in [0.2, 0.25) is 0 Å². The fourth-order valence-electron chi connectivity index (χ4n) is 2.52. The van der Waals surface area contributed by atoms with Crippen molar-refractivity contribution in [2.45, 2.75) is 6.42 Å². The van der Waals surface area contributed by atoms with Crippen molar-refractivity contribution in [3.8, 4) is 11.5 Å². The van der Waals surface area contributed by atoms with E-state index in [0.717, 1.165) is 0 Å². The van der Waals surface area contributed by atoms with Crippen LogP contribution in [0.25, 0.3) is 0 Å². The van der Waals surface area contributed by atoms with E-state index in [2.05, 4.69) is 10.7 Å². The number of hydrazine groups is 1. The topological polar surface area (TPSA) is 79.9 Å². The molecule has 0 aliphatic carbocycles. The lowest BCUT2D eigenvalue weighted by Crippen LogP contribution is -2.47. The largest absolute Gasteiger partial charge is 0.497 e.